The van der Waals surface area contributed by atoms with Gasteiger partial charge in [-0.3, -0.25) is 10.1 Å². The van der Waals surface area contributed by atoms with Gasteiger partial charge in [0.15, 0.2) is 0 Å². The van der Waals surface area contributed by atoms with Gasteiger partial charge in [0.2, 0.25) is 5.54 Å². The summed E-state index contributed by atoms with van der Waals surface area (Å²) in [6, 6.07) is 8.95. The third kappa shape index (κ3) is 1.69. The number of nitro groups is 1. The largest absolute Gasteiger partial charge is 0.264 e. The number of hydrogen-bond acceptors (Lipinski definition) is 2. The van der Waals surface area contributed by atoms with E-state index in [1.54, 1.807) is 31.2 Å². The van der Waals surface area contributed by atoms with Gasteiger partial charge >= 0.3 is 0 Å². The van der Waals surface area contributed by atoms with E-state index in [0.717, 1.165) is 0 Å². The Morgan fingerprint density at radius 2 is 2.00 bits per heavy atom. The third-order valence-corrected chi connectivity index (χ3v) is 2.29. The highest BCUT2D eigenvalue weighted by Gasteiger charge is 2.36. The monoisotopic (exact) mass is 178 g/mol. The molecule has 0 fully saturated rings. The van der Waals surface area contributed by atoms with Gasteiger partial charge in [-0.25, -0.2) is 0 Å². The van der Waals surface area contributed by atoms with Crippen LogP contribution in [0.2, 0.25) is 0 Å². The Hall–Kier alpha value is -1.38. The van der Waals surface area contributed by atoms with E-state index in [0.29, 0.717) is 5.56 Å². The van der Waals surface area contributed by atoms with Crippen molar-refractivity contribution >= 4 is 0 Å². The van der Waals surface area contributed by atoms with Crippen molar-refractivity contribution in [3.8, 4) is 0 Å². The van der Waals surface area contributed by atoms with E-state index in [2.05, 4.69) is 6.92 Å². The van der Waals surface area contributed by atoms with Crippen molar-refractivity contribution in [3.63, 3.8) is 0 Å². The van der Waals surface area contributed by atoms with Crippen LogP contribution in [-0.2, 0) is 5.54 Å². The topological polar surface area (TPSA) is 43.1 Å². The zero-order valence-corrected chi connectivity index (χ0v) is 7.56. The van der Waals surface area contributed by atoms with Crippen molar-refractivity contribution in [2.45, 2.75) is 18.9 Å². The van der Waals surface area contributed by atoms with Gasteiger partial charge in [0, 0.05) is 23.8 Å². The highest BCUT2D eigenvalue weighted by molar-refractivity contribution is 5.21. The molecule has 69 valence electrons. The number of rotatable bonds is 3. The summed E-state index contributed by atoms with van der Waals surface area (Å²) in [7, 11) is 0. The van der Waals surface area contributed by atoms with Gasteiger partial charge in [0.25, 0.3) is 0 Å². The molecule has 3 heteroatoms. The Balaban J connectivity index is 3.11. The zero-order valence-electron chi connectivity index (χ0n) is 7.56. The quantitative estimate of drug-likeness (QED) is 0.527. The molecule has 1 aromatic rings. The fourth-order valence-corrected chi connectivity index (χ4v) is 1.14. The normalized spacial score (nSPS) is 14.9. The van der Waals surface area contributed by atoms with Crippen molar-refractivity contribution in [2.24, 2.45) is 0 Å². The molecule has 1 unspecified atom stereocenters. The highest BCUT2D eigenvalue weighted by atomic mass is 16.6. The van der Waals surface area contributed by atoms with Crippen LogP contribution in [0.5, 0.6) is 0 Å². The van der Waals surface area contributed by atoms with E-state index < -0.39 is 5.54 Å². The van der Waals surface area contributed by atoms with Crippen LogP contribution in [0.15, 0.2) is 30.3 Å². The molecule has 0 aromatic heterocycles. The summed E-state index contributed by atoms with van der Waals surface area (Å²) in [4.78, 5) is 10.5. The van der Waals surface area contributed by atoms with Gasteiger partial charge in [-0.05, 0) is 6.92 Å². The lowest BCUT2D eigenvalue weighted by Gasteiger charge is -2.18. The van der Waals surface area contributed by atoms with Crippen molar-refractivity contribution in [1.29, 1.82) is 0 Å². The molecule has 1 atom stereocenters. The molecule has 3 nitrogen and oxygen atoms in total. The average Bonchev–Trinajstić information content (AvgIpc) is 2.17. The minimum Gasteiger partial charge on any atom is -0.264 e. The molecule has 0 spiro atoms. The summed E-state index contributed by atoms with van der Waals surface area (Å²) in [5.74, 6) is 0. The first-order valence-electron chi connectivity index (χ1n) is 4.10. The molecule has 0 bridgehead atoms. The minimum absolute atomic E-state index is 0.254. The summed E-state index contributed by atoms with van der Waals surface area (Å²) < 4.78 is 0. The summed E-state index contributed by atoms with van der Waals surface area (Å²) in [6.07, 6.45) is 0.254. The molecular weight excluding hydrogens is 166 g/mol. The van der Waals surface area contributed by atoms with Crippen molar-refractivity contribution in [2.75, 3.05) is 0 Å². The molecule has 13 heavy (non-hydrogen) atoms. The molecule has 0 aliphatic carbocycles. The molecule has 0 aliphatic heterocycles. The van der Waals surface area contributed by atoms with Crippen LogP contribution in [0.1, 0.15) is 18.9 Å². The average molecular weight is 178 g/mol. The van der Waals surface area contributed by atoms with Crippen LogP contribution in [0, 0.1) is 17.0 Å². The summed E-state index contributed by atoms with van der Waals surface area (Å²) in [6.45, 7) is 5.21. The smallest absolute Gasteiger partial charge is 0.244 e. The second-order valence-electron chi connectivity index (χ2n) is 3.15. The second-order valence-corrected chi connectivity index (χ2v) is 3.15. The third-order valence-electron chi connectivity index (χ3n) is 2.29. The van der Waals surface area contributed by atoms with E-state index in [4.69, 9.17) is 0 Å². The molecule has 0 amide bonds. The maximum absolute atomic E-state index is 10.8. The van der Waals surface area contributed by atoms with Crippen molar-refractivity contribution in [3.05, 3.63) is 52.9 Å². The lowest BCUT2D eigenvalue weighted by molar-refractivity contribution is -0.574. The molecule has 0 heterocycles. The van der Waals surface area contributed by atoms with Crippen LogP contribution in [-0.4, -0.2) is 4.92 Å². The number of nitrogens with zero attached hydrogens (tertiary/aromatic N) is 1. The standard InChI is InChI=1S/C10H12NO2/c1-3-10(2,11(12)13)9-7-5-4-6-8-9/h4-8H,1,3H2,2H3. The zero-order chi connectivity index (χ0) is 9.90. The van der Waals surface area contributed by atoms with Crippen LogP contribution in [0.25, 0.3) is 0 Å². The first-order valence-corrected chi connectivity index (χ1v) is 4.10. The Morgan fingerprint density at radius 1 is 1.46 bits per heavy atom. The molecule has 1 rings (SSSR count). The summed E-state index contributed by atoms with van der Waals surface area (Å²) in [5.41, 5.74) is -0.351. The maximum atomic E-state index is 10.8. The van der Waals surface area contributed by atoms with Gasteiger partial charge in [-0.2, -0.15) is 0 Å². The van der Waals surface area contributed by atoms with Gasteiger partial charge in [0.1, 0.15) is 0 Å². The molecule has 1 aromatic carbocycles. The molecule has 0 saturated heterocycles. The first kappa shape index (κ1) is 9.71. The predicted octanol–water partition coefficient (Wildman–Crippen LogP) is 2.40. The van der Waals surface area contributed by atoms with Crippen molar-refractivity contribution < 1.29 is 4.92 Å². The molecule has 1 radical (unpaired) electrons. The van der Waals surface area contributed by atoms with Gasteiger partial charge < -0.3 is 0 Å². The lowest BCUT2D eigenvalue weighted by Crippen LogP contribution is -2.30. The molecule has 0 aliphatic rings. The molecule has 0 saturated carbocycles. The summed E-state index contributed by atoms with van der Waals surface area (Å²) >= 11 is 0. The highest BCUT2D eigenvalue weighted by Crippen LogP contribution is 2.27. The number of hydrogen-bond donors (Lipinski definition) is 0. The Labute approximate surface area is 77.5 Å². The Bertz CT molecular complexity index is 297. The van der Waals surface area contributed by atoms with Crippen LogP contribution < -0.4 is 0 Å². The molecule has 0 N–H and O–H groups in total. The maximum Gasteiger partial charge on any atom is 0.244 e. The van der Waals surface area contributed by atoms with Crippen molar-refractivity contribution in [1.82, 2.24) is 0 Å². The first-order chi connectivity index (χ1) is 6.11. The fourth-order valence-electron chi connectivity index (χ4n) is 1.14. The van der Waals surface area contributed by atoms with Gasteiger partial charge in [0.05, 0.1) is 0 Å². The predicted molar refractivity (Wildman–Crippen MR) is 50.8 cm³/mol. The van der Waals surface area contributed by atoms with E-state index in [-0.39, 0.29) is 11.3 Å². The van der Waals surface area contributed by atoms with Crippen LogP contribution in [0.3, 0.4) is 0 Å². The van der Waals surface area contributed by atoms with Gasteiger partial charge in [-0.1, -0.05) is 30.3 Å². The fraction of sp³-hybridized carbons (Fsp3) is 0.300. The van der Waals surface area contributed by atoms with Crippen LogP contribution in [0.4, 0.5) is 0 Å². The minimum atomic E-state index is -1.05. The second kappa shape index (κ2) is 3.56. The SMILES string of the molecule is [CH2]CC(C)(c1ccccc1)[N+](=O)[O-]. The lowest BCUT2D eigenvalue weighted by atomic mass is 9.90. The molecular formula is C10H12NO2. The van der Waals surface area contributed by atoms with Gasteiger partial charge in [-0.15, -0.1) is 0 Å². The van der Waals surface area contributed by atoms with E-state index in [1.165, 1.54) is 0 Å². The Morgan fingerprint density at radius 3 is 2.38 bits per heavy atom. The Kier molecular flexibility index (Phi) is 2.66. The van der Waals surface area contributed by atoms with E-state index in [1.807, 2.05) is 6.07 Å². The van der Waals surface area contributed by atoms with E-state index in [9.17, 15) is 10.1 Å². The van der Waals surface area contributed by atoms with Crippen LogP contribution >= 0.6 is 0 Å². The number of benzene rings is 1. The summed E-state index contributed by atoms with van der Waals surface area (Å²) in [5, 5.41) is 10.8. The van der Waals surface area contributed by atoms with E-state index >= 15 is 0 Å².